The molecule has 13 nitrogen and oxygen atoms in total. The van der Waals surface area contributed by atoms with Crippen LogP contribution in [0.5, 0.6) is 0 Å². The Morgan fingerprint density at radius 2 is 0.929 bits per heavy atom. The van der Waals surface area contributed by atoms with Crippen molar-refractivity contribution in [2.75, 3.05) is 11.5 Å². The van der Waals surface area contributed by atoms with E-state index in [1.54, 1.807) is 0 Å². The summed E-state index contributed by atoms with van der Waals surface area (Å²) in [5.74, 6) is -4.67. The van der Waals surface area contributed by atoms with Crippen LogP contribution < -0.4 is 11.5 Å². The normalized spacial score (nSPS) is 11.3. The van der Waals surface area contributed by atoms with Gasteiger partial charge >= 0.3 is 130 Å². The monoisotopic (exact) mass is 492 g/mol. The molecular formula is C9H24N2Na4O11S2. The number of nitrogens with two attached hydrogens (primary N) is 2. The average Bonchev–Trinajstić information content (AvgIpc) is 2.23. The van der Waals surface area contributed by atoms with Gasteiger partial charge in [0.15, 0.2) is 0 Å². The molecule has 0 aliphatic carbocycles. The van der Waals surface area contributed by atoms with Crippen molar-refractivity contribution >= 4 is 150 Å². The molecule has 0 bridgehead atoms. The molecule has 0 aromatic heterocycles. The molecule has 0 rings (SSSR count). The number of aliphatic hydroxyl groups is 1. The van der Waals surface area contributed by atoms with Gasteiger partial charge in [0, 0.05) is 0 Å². The summed E-state index contributed by atoms with van der Waals surface area (Å²) in [6.45, 7) is 4.64. The molecule has 2 unspecified atom stereocenters. The van der Waals surface area contributed by atoms with Gasteiger partial charge in [-0.05, 0) is 6.92 Å². The van der Waals surface area contributed by atoms with Crippen LogP contribution in [-0.4, -0.2) is 195 Å². The van der Waals surface area contributed by atoms with Crippen molar-refractivity contribution in [2.24, 2.45) is 11.5 Å². The van der Waals surface area contributed by atoms with E-state index >= 15 is 0 Å². The van der Waals surface area contributed by atoms with Crippen molar-refractivity contribution in [3.8, 4) is 0 Å². The molecule has 0 aromatic carbocycles. The van der Waals surface area contributed by atoms with Gasteiger partial charge in [0.05, 0.1) is 5.76 Å². The molecule has 0 amide bonds. The third-order valence-electron chi connectivity index (χ3n) is 1.41. The van der Waals surface area contributed by atoms with E-state index in [1.807, 2.05) is 0 Å². The number of carboxylic acid groups (broad SMARTS) is 2. The molecule has 19 heteroatoms. The topological polar surface area (TPSA) is 256 Å². The van der Waals surface area contributed by atoms with Gasteiger partial charge < -0.3 is 26.8 Å². The molecule has 2 atom stereocenters. The summed E-state index contributed by atoms with van der Waals surface area (Å²) < 4.78 is 56.0. The molecule has 152 valence electrons. The van der Waals surface area contributed by atoms with E-state index in [-0.39, 0.29) is 124 Å². The number of hydrogen-bond acceptors (Lipinski definition) is 9. The molecule has 0 spiro atoms. The third-order valence-corrected chi connectivity index (χ3v) is 2.98. The van der Waals surface area contributed by atoms with Crippen molar-refractivity contribution in [3.05, 3.63) is 12.3 Å². The number of carbonyl (C=O) groups is 2. The number of aliphatic carboxylic acids is 2. The first-order valence-corrected chi connectivity index (χ1v) is 8.82. The second-order valence-electron chi connectivity index (χ2n) is 4.12. The number of aliphatic hydroxyl groups excluding tert-OH is 1. The van der Waals surface area contributed by atoms with Crippen LogP contribution in [0.4, 0.5) is 0 Å². The van der Waals surface area contributed by atoms with Gasteiger partial charge in [-0.25, -0.2) is 0 Å². The van der Waals surface area contributed by atoms with E-state index in [0.717, 1.165) is 0 Å². The number of allylic oxidation sites excluding steroid dienone is 1. The summed E-state index contributed by atoms with van der Waals surface area (Å²) in [4.78, 5) is 19.8. The van der Waals surface area contributed by atoms with Gasteiger partial charge in [-0.1, -0.05) is 6.58 Å². The van der Waals surface area contributed by atoms with Crippen molar-refractivity contribution in [3.63, 3.8) is 0 Å². The maximum absolute atomic E-state index is 9.96. The summed E-state index contributed by atoms with van der Waals surface area (Å²) in [7, 11) is -8.55. The molecule has 9 N–H and O–H groups in total. The van der Waals surface area contributed by atoms with Crippen LogP contribution in [0, 0.1) is 0 Å². The number of carboxylic acids is 2. The first-order valence-electron chi connectivity index (χ1n) is 5.60. The zero-order valence-electron chi connectivity index (χ0n) is 12.4. The predicted octanol–water partition coefficient (Wildman–Crippen LogP) is -4.94. The van der Waals surface area contributed by atoms with Crippen molar-refractivity contribution in [2.45, 2.75) is 19.0 Å². The van der Waals surface area contributed by atoms with Gasteiger partial charge in [-0.15, -0.1) is 0 Å². The van der Waals surface area contributed by atoms with Crippen molar-refractivity contribution < 1.29 is 50.8 Å². The van der Waals surface area contributed by atoms with E-state index < -0.39 is 55.8 Å². The summed E-state index contributed by atoms with van der Waals surface area (Å²) in [6, 6.07) is -3.12. The Morgan fingerprint density at radius 3 is 0.964 bits per heavy atom. The van der Waals surface area contributed by atoms with E-state index in [4.69, 9.17) is 35.9 Å². The third kappa shape index (κ3) is 51.1. The molecule has 0 saturated carbocycles. The second-order valence-corrected chi connectivity index (χ2v) is 7.12. The van der Waals surface area contributed by atoms with Gasteiger partial charge in [-0.2, -0.15) is 16.8 Å². The number of hydrogen-bond donors (Lipinski definition) is 7. The van der Waals surface area contributed by atoms with E-state index in [2.05, 4.69) is 6.58 Å². The SMILES string of the molecule is C=C(C)O.NC(CS(=O)(=O)O)C(=O)O.NC(CS(=O)(=O)O)C(=O)O.[NaH].[NaH].[NaH].[NaH]. The Balaban J connectivity index is -0.0000000472. The minimum absolute atomic E-state index is 0. The van der Waals surface area contributed by atoms with Crippen LogP contribution in [0.2, 0.25) is 0 Å². The van der Waals surface area contributed by atoms with Gasteiger partial charge in [-0.3, -0.25) is 18.7 Å². The summed E-state index contributed by atoms with van der Waals surface area (Å²) in [6.07, 6.45) is 0. The molecule has 0 aromatic rings. The summed E-state index contributed by atoms with van der Waals surface area (Å²) in [5, 5.41) is 24.0. The van der Waals surface area contributed by atoms with Crippen LogP contribution in [0.1, 0.15) is 6.92 Å². The fourth-order valence-corrected chi connectivity index (χ4v) is 1.79. The molecular weight excluding hydrogens is 468 g/mol. The molecule has 0 aliphatic rings. The molecule has 0 fully saturated rings. The predicted molar refractivity (Wildman–Crippen MR) is 110 cm³/mol. The van der Waals surface area contributed by atoms with Gasteiger partial charge in [0.1, 0.15) is 23.6 Å². The quantitative estimate of drug-likeness (QED) is 0.104. The van der Waals surface area contributed by atoms with Crippen LogP contribution in [0.3, 0.4) is 0 Å². The van der Waals surface area contributed by atoms with E-state index in [1.165, 1.54) is 6.92 Å². The zero-order chi connectivity index (χ0) is 20.3. The standard InChI is InChI=1S/2C3H7NO5S.C3H6O.4Na.4H/c2*4-2(3(5)6)1-10(7,8)9;1-3(2)4;;;;;;;;/h2*2H,1,4H2,(H,5,6)(H,7,8,9);4H,1H2,2H3;;;;;;;;. The summed E-state index contributed by atoms with van der Waals surface area (Å²) >= 11 is 0. The molecule has 0 aliphatic heterocycles. The molecule has 0 saturated heterocycles. The zero-order valence-corrected chi connectivity index (χ0v) is 14.1. The Kier molecular flexibility index (Phi) is 40.8. The van der Waals surface area contributed by atoms with E-state index in [9.17, 15) is 26.4 Å². The van der Waals surface area contributed by atoms with Crippen LogP contribution in [-0.2, 0) is 29.8 Å². The molecule has 28 heavy (non-hydrogen) atoms. The Hall–Kier alpha value is 2.22. The van der Waals surface area contributed by atoms with Crippen molar-refractivity contribution in [1.29, 1.82) is 0 Å². The number of rotatable bonds is 6. The Bertz CT molecular complexity index is 588. The Labute approximate surface area is 251 Å². The summed E-state index contributed by atoms with van der Waals surface area (Å²) in [5.41, 5.74) is 9.53. The minimum atomic E-state index is -4.27. The van der Waals surface area contributed by atoms with Gasteiger partial charge in [0.25, 0.3) is 20.2 Å². The second kappa shape index (κ2) is 23.9. The van der Waals surface area contributed by atoms with Crippen LogP contribution >= 0.6 is 0 Å². The van der Waals surface area contributed by atoms with E-state index in [0.29, 0.717) is 0 Å². The average molecular weight is 492 g/mol. The fourth-order valence-electron chi connectivity index (χ4n) is 0.596. The van der Waals surface area contributed by atoms with Crippen LogP contribution in [0.25, 0.3) is 0 Å². The molecule has 0 heterocycles. The first-order chi connectivity index (χ1) is 10.4. The van der Waals surface area contributed by atoms with Crippen molar-refractivity contribution in [1.82, 2.24) is 0 Å². The maximum atomic E-state index is 9.96. The molecule has 0 radical (unpaired) electrons. The first kappa shape index (κ1) is 47.9. The Morgan fingerprint density at radius 1 is 0.786 bits per heavy atom. The fraction of sp³-hybridized carbons (Fsp3) is 0.556. The van der Waals surface area contributed by atoms with Gasteiger partial charge in [0.2, 0.25) is 0 Å². The van der Waals surface area contributed by atoms with Crippen LogP contribution in [0.15, 0.2) is 12.3 Å².